The molecule has 4 aromatic rings. The van der Waals surface area contributed by atoms with Crippen LogP contribution in [0.4, 0.5) is 5.69 Å². The first-order valence-electron chi connectivity index (χ1n) is 8.42. The van der Waals surface area contributed by atoms with E-state index < -0.39 is 0 Å². The highest BCUT2D eigenvalue weighted by Gasteiger charge is 2.14. The van der Waals surface area contributed by atoms with Gasteiger partial charge in [0.05, 0.1) is 34.1 Å². The molecule has 0 spiro atoms. The van der Waals surface area contributed by atoms with Crippen LogP contribution in [0, 0.1) is 0 Å². The zero-order chi connectivity index (χ0) is 19.5. The maximum Gasteiger partial charge on any atom is 0.262 e. The Hall–Kier alpha value is -3.04. The van der Waals surface area contributed by atoms with Crippen molar-refractivity contribution in [2.75, 3.05) is 11.1 Å². The standard InChI is InChI=1S/C19H15N5O2S2/c1-2-10-24-18(26)12-6-3-4-7-13(12)21-19(24)27-11-16(25)20-14-8-5-9-15-17(14)23-28-22-15/h2-9H,1,10-11H2,(H,20,25). The van der Waals surface area contributed by atoms with E-state index in [-0.39, 0.29) is 17.2 Å². The molecule has 0 fully saturated rings. The van der Waals surface area contributed by atoms with Crippen molar-refractivity contribution in [3.8, 4) is 0 Å². The predicted octanol–water partition coefficient (Wildman–Crippen LogP) is 3.32. The molecule has 0 atom stereocenters. The maximum absolute atomic E-state index is 12.7. The van der Waals surface area contributed by atoms with Gasteiger partial charge in [-0.2, -0.15) is 8.75 Å². The lowest BCUT2D eigenvalue weighted by molar-refractivity contribution is -0.113. The van der Waals surface area contributed by atoms with Crippen LogP contribution in [0.1, 0.15) is 0 Å². The van der Waals surface area contributed by atoms with Crippen LogP contribution in [0.3, 0.4) is 0 Å². The van der Waals surface area contributed by atoms with Gasteiger partial charge in [0, 0.05) is 6.54 Å². The molecule has 1 amide bonds. The number of anilines is 1. The Kier molecular flexibility index (Phi) is 5.18. The van der Waals surface area contributed by atoms with Gasteiger partial charge in [0.25, 0.3) is 5.56 Å². The number of carbonyl (C=O) groups is 1. The Morgan fingerprint density at radius 1 is 1.18 bits per heavy atom. The summed E-state index contributed by atoms with van der Waals surface area (Å²) in [6, 6.07) is 12.6. The second kappa shape index (κ2) is 7.91. The SMILES string of the molecule is C=CCn1c(SCC(=O)Nc2cccc3nsnc23)nc2ccccc2c1=O. The fraction of sp³-hybridized carbons (Fsp3) is 0.105. The molecule has 1 N–H and O–H groups in total. The normalized spacial score (nSPS) is 11.0. The average Bonchev–Trinajstić information content (AvgIpc) is 3.19. The number of nitrogens with one attached hydrogen (secondary N) is 1. The second-order valence-electron chi connectivity index (χ2n) is 5.89. The minimum atomic E-state index is -0.210. The molecule has 0 saturated heterocycles. The third-order valence-corrected chi connectivity index (χ3v) is 5.55. The number of hydrogen-bond donors (Lipinski definition) is 1. The lowest BCUT2D eigenvalue weighted by Gasteiger charge is -2.11. The molecule has 0 bridgehead atoms. The Balaban J connectivity index is 1.57. The topological polar surface area (TPSA) is 89.8 Å². The number of rotatable bonds is 6. The molecule has 0 aliphatic rings. The number of aromatic nitrogens is 4. The first kappa shape index (κ1) is 18.3. The van der Waals surface area contributed by atoms with E-state index in [1.54, 1.807) is 30.3 Å². The van der Waals surface area contributed by atoms with Crippen LogP contribution in [0.25, 0.3) is 21.9 Å². The molecular weight excluding hydrogens is 394 g/mol. The first-order valence-corrected chi connectivity index (χ1v) is 10.1. The van der Waals surface area contributed by atoms with E-state index in [1.165, 1.54) is 16.3 Å². The molecular formula is C19H15N5O2S2. The predicted molar refractivity (Wildman–Crippen MR) is 113 cm³/mol. The molecule has 2 aromatic carbocycles. The first-order chi connectivity index (χ1) is 13.7. The van der Waals surface area contributed by atoms with Gasteiger partial charge in [-0.05, 0) is 24.3 Å². The van der Waals surface area contributed by atoms with Crippen LogP contribution >= 0.6 is 23.5 Å². The molecule has 9 heteroatoms. The van der Waals surface area contributed by atoms with Gasteiger partial charge in [-0.25, -0.2) is 4.98 Å². The Morgan fingerprint density at radius 2 is 2.00 bits per heavy atom. The lowest BCUT2D eigenvalue weighted by atomic mass is 10.2. The van der Waals surface area contributed by atoms with Crippen molar-refractivity contribution in [1.29, 1.82) is 0 Å². The van der Waals surface area contributed by atoms with Crippen molar-refractivity contribution in [2.45, 2.75) is 11.7 Å². The van der Waals surface area contributed by atoms with Gasteiger partial charge in [-0.15, -0.1) is 6.58 Å². The molecule has 2 heterocycles. The number of allylic oxidation sites excluding steroid dienone is 1. The quantitative estimate of drug-likeness (QED) is 0.298. The van der Waals surface area contributed by atoms with Crippen molar-refractivity contribution in [3.63, 3.8) is 0 Å². The molecule has 28 heavy (non-hydrogen) atoms. The van der Waals surface area contributed by atoms with Crippen molar-refractivity contribution < 1.29 is 4.79 Å². The van der Waals surface area contributed by atoms with E-state index in [0.717, 1.165) is 17.2 Å². The molecule has 140 valence electrons. The lowest BCUT2D eigenvalue weighted by Crippen LogP contribution is -2.23. The monoisotopic (exact) mass is 409 g/mol. The summed E-state index contributed by atoms with van der Waals surface area (Å²) < 4.78 is 9.91. The Labute approximate surface area is 168 Å². The summed E-state index contributed by atoms with van der Waals surface area (Å²) in [6.07, 6.45) is 1.64. The van der Waals surface area contributed by atoms with E-state index in [2.05, 4.69) is 25.6 Å². The number of hydrogen-bond acceptors (Lipinski definition) is 7. The van der Waals surface area contributed by atoms with E-state index in [4.69, 9.17) is 0 Å². The van der Waals surface area contributed by atoms with Crippen LogP contribution in [-0.2, 0) is 11.3 Å². The zero-order valence-corrected chi connectivity index (χ0v) is 16.3. The van der Waals surface area contributed by atoms with E-state index in [0.29, 0.717) is 33.8 Å². The van der Waals surface area contributed by atoms with Gasteiger partial charge in [-0.1, -0.05) is 36.0 Å². The zero-order valence-electron chi connectivity index (χ0n) is 14.7. The number of amides is 1. The van der Waals surface area contributed by atoms with Gasteiger partial charge < -0.3 is 5.32 Å². The summed E-state index contributed by atoms with van der Waals surface area (Å²) in [7, 11) is 0. The summed E-state index contributed by atoms with van der Waals surface area (Å²) in [4.78, 5) is 29.7. The Morgan fingerprint density at radius 3 is 2.86 bits per heavy atom. The minimum absolute atomic E-state index is 0.107. The summed E-state index contributed by atoms with van der Waals surface area (Å²) in [6.45, 7) is 4.03. The number of thioether (sulfide) groups is 1. The molecule has 0 aliphatic carbocycles. The third-order valence-electron chi connectivity index (χ3n) is 4.03. The largest absolute Gasteiger partial charge is 0.323 e. The van der Waals surface area contributed by atoms with Gasteiger partial charge in [0.2, 0.25) is 5.91 Å². The highest BCUT2D eigenvalue weighted by atomic mass is 32.2. The van der Waals surface area contributed by atoms with Crippen LogP contribution in [0.15, 0.2) is 65.1 Å². The van der Waals surface area contributed by atoms with Gasteiger partial charge in [-0.3, -0.25) is 14.2 Å². The number of carbonyl (C=O) groups excluding carboxylic acids is 1. The summed E-state index contributed by atoms with van der Waals surface area (Å²) in [5.74, 6) is -0.103. The smallest absolute Gasteiger partial charge is 0.262 e. The third kappa shape index (κ3) is 3.54. The van der Waals surface area contributed by atoms with Gasteiger partial charge in [0.15, 0.2) is 5.16 Å². The van der Waals surface area contributed by atoms with Crippen molar-refractivity contribution in [3.05, 3.63) is 65.5 Å². The van der Waals surface area contributed by atoms with E-state index >= 15 is 0 Å². The summed E-state index contributed by atoms with van der Waals surface area (Å²) in [5, 5.41) is 3.88. The molecule has 7 nitrogen and oxygen atoms in total. The summed E-state index contributed by atoms with van der Waals surface area (Å²) >= 11 is 2.31. The van der Waals surface area contributed by atoms with Crippen LogP contribution < -0.4 is 10.9 Å². The number of nitrogens with zero attached hydrogens (tertiary/aromatic N) is 4. The van der Waals surface area contributed by atoms with Gasteiger partial charge >= 0.3 is 0 Å². The van der Waals surface area contributed by atoms with Crippen LogP contribution in [0.5, 0.6) is 0 Å². The molecule has 0 aliphatic heterocycles. The maximum atomic E-state index is 12.7. The average molecular weight is 409 g/mol. The van der Waals surface area contributed by atoms with E-state index in [1.807, 2.05) is 18.2 Å². The van der Waals surface area contributed by atoms with Crippen molar-refractivity contribution in [1.82, 2.24) is 18.3 Å². The number of benzene rings is 2. The Bertz CT molecular complexity index is 1250. The number of para-hydroxylation sites is 1. The van der Waals surface area contributed by atoms with Crippen molar-refractivity contribution >= 4 is 57.0 Å². The van der Waals surface area contributed by atoms with Crippen LogP contribution in [-0.4, -0.2) is 30.0 Å². The molecule has 2 aromatic heterocycles. The molecule has 4 rings (SSSR count). The molecule has 0 radical (unpaired) electrons. The second-order valence-corrected chi connectivity index (χ2v) is 7.36. The van der Waals surface area contributed by atoms with E-state index in [9.17, 15) is 9.59 Å². The van der Waals surface area contributed by atoms with Crippen LogP contribution in [0.2, 0.25) is 0 Å². The molecule has 0 unspecified atom stereocenters. The van der Waals surface area contributed by atoms with Crippen molar-refractivity contribution in [2.24, 2.45) is 0 Å². The minimum Gasteiger partial charge on any atom is -0.323 e. The highest BCUT2D eigenvalue weighted by molar-refractivity contribution is 7.99. The fourth-order valence-corrected chi connectivity index (χ4v) is 4.13. The molecule has 0 saturated carbocycles. The highest BCUT2D eigenvalue weighted by Crippen LogP contribution is 2.22. The number of fused-ring (bicyclic) bond motifs is 2. The fourth-order valence-electron chi connectivity index (χ4n) is 2.77. The summed E-state index contributed by atoms with van der Waals surface area (Å²) in [5.41, 5.74) is 2.48. The van der Waals surface area contributed by atoms with Gasteiger partial charge in [0.1, 0.15) is 11.0 Å².